The smallest absolute Gasteiger partial charge is 0.225 e. The number of rotatable bonds is 5. The average Bonchev–Trinajstić information content (AvgIpc) is 3.06. The fourth-order valence-corrected chi connectivity index (χ4v) is 3.93. The summed E-state index contributed by atoms with van der Waals surface area (Å²) in [5.74, 6) is 0. The standard InChI is InChI=1S/C20H24N6S/c1-17-7-5-6-8-18(17)15-23-11-13-24(14-12-23)16-25-20(27)26(22-21-25)19-9-3-2-4-10-19/h2-10H,11-16H2,1H3/p+2. The maximum atomic E-state index is 5.58. The SMILES string of the molecule is Cc1ccccc1C[NH+]1CC[NH+](Cn2nnn(-c3ccccc3)c2=S)CC1. The molecule has 0 aliphatic carbocycles. The lowest BCUT2D eigenvalue weighted by atomic mass is 10.1. The van der Waals surface area contributed by atoms with Crippen LogP contribution in [0.5, 0.6) is 0 Å². The van der Waals surface area contributed by atoms with E-state index in [0.717, 1.165) is 32.0 Å². The third-order valence-electron chi connectivity index (χ3n) is 5.38. The van der Waals surface area contributed by atoms with Gasteiger partial charge < -0.3 is 9.80 Å². The van der Waals surface area contributed by atoms with Gasteiger partial charge in [-0.15, -0.1) is 0 Å². The normalized spacial score (nSPS) is 19.9. The number of aromatic nitrogens is 4. The van der Waals surface area contributed by atoms with Crippen molar-refractivity contribution in [3.8, 4) is 5.69 Å². The molecule has 1 aliphatic rings. The molecule has 3 aromatic rings. The molecule has 1 fully saturated rings. The first-order valence-corrected chi connectivity index (χ1v) is 9.91. The van der Waals surface area contributed by atoms with E-state index in [1.54, 1.807) is 9.58 Å². The van der Waals surface area contributed by atoms with E-state index in [9.17, 15) is 0 Å². The van der Waals surface area contributed by atoms with Crippen LogP contribution in [0.15, 0.2) is 54.6 Å². The molecule has 1 saturated heterocycles. The Balaban J connectivity index is 1.35. The van der Waals surface area contributed by atoms with Crippen molar-refractivity contribution in [2.75, 3.05) is 26.2 Å². The molecule has 2 N–H and O–H groups in total. The highest BCUT2D eigenvalue weighted by Gasteiger charge is 2.24. The van der Waals surface area contributed by atoms with Gasteiger partial charge in [-0.05, 0) is 47.3 Å². The molecule has 1 aromatic heterocycles. The van der Waals surface area contributed by atoms with Crippen LogP contribution in [0.1, 0.15) is 11.1 Å². The highest BCUT2D eigenvalue weighted by molar-refractivity contribution is 7.71. The summed E-state index contributed by atoms with van der Waals surface area (Å²) in [5, 5.41) is 8.52. The second-order valence-electron chi connectivity index (χ2n) is 7.27. The Morgan fingerprint density at radius 2 is 1.56 bits per heavy atom. The van der Waals surface area contributed by atoms with E-state index >= 15 is 0 Å². The van der Waals surface area contributed by atoms with Crippen molar-refractivity contribution < 1.29 is 9.80 Å². The van der Waals surface area contributed by atoms with Crippen molar-refractivity contribution in [1.82, 2.24) is 19.8 Å². The molecule has 0 radical (unpaired) electrons. The number of tetrazole rings is 1. The van der Waals surface area contributed by atoms with Crippen LogP contribution in [0.25, 0.3) is 5.69 Å². The molecule has 27 heavy (non-hydrogen) atoms. The Kier molecular flexibility index (Phi) is 5.42. The van der Waals surface area contributed by atoms with Crippen molar-refractivity contribution in [2.45, 2.75) is 20.1 Å². The average molecular weight is 383 g/mol. The number of nitrogens with one attached hydrogen (secondary N) is 2. The van der Waals surface area contributed by atoms with Crippen LogP contribution in [0.3, 0.4) is 0 Å². The number of aryl methyl sites for hydroxylation is 1. The number of hydrogen-bond donors (Lipinski definition) is 2. The third kappa shape index (κ3) is 4.16. The summed E-state index contributed by atoms with van der Waals surface area (Å²) < 4.78 is 4.24. The van der Waals surface area contributed by atoms with Gasteiger partial charge in [-0.1, -0.05) is 42.5 Å². The van der Waals surface area contributed by atoms with E-state index in [2.05, 4.69) is 41.6 Å². The lowest BCUT2D eigenvalue weighted by Crippen LogP contribution is -3.27. The van der Waals surface area contributed by atoms with Gasteiger partial charge in [0.25, 0.3) is 0 Å². The number of piperazine rings is 1. The molecule has 4 rings (SSSR count). The number of nitrogens with zero attached hydrogens (tertiary/aromatic N) is 4. The van der Waals surface area contributed by atoms with Crippen LogP contribution in [0.4, 0.5) is 0 Å². The van der Waals surface area contributed by atoms with Gasteiger partial charge in [0, 0.05) is 5.56 Å². The van der Waals surface area contributed by atoms with Crippen molar-refractivity contribution in [3.05, 3.63) is 70.5 Å². The molecular formula is C20H26N6S+2. The van der Waals surface area contributed by atoms with E-state index in [1.807, 2.05) is 35.0 Å². The molecule has 140 valence electrons. The summed E-state index contributed by atoms with van der Waals surface area (Å²) in [6.45, 7) is 8.69. The minimum atomic E-state index is 0.656. The minimum absolute atomic E-state index is 0.656. The minimum Gasteiger partial charge on any atom is -0.322 e. The van der Waals surface area contributed by atoms with Gasteiger partial charge in [0.1, 0.15) is 32.7 Å². The van der Waals surface area contributed by atoms with Gasteiger partial charge >= 0.3 is 0 Å². The Labute approximate surface area is 164 Å². The van der Waals surface area contributed by atoms with Gasteiger partial charge in [0.05, 0.1) is 5.69 Å². The summed E-state index contributed by atoms with van der Waals surface area (Å²) >= 11 is 5.58. The van der Waals surface area contributed by atoms with E-state index in [-0.39, 0.29) is 0 Å². The molecule has 6 nitrogen and oxygen atoms in total. The van der Waals surface area contributed by atoms with Gasteiger partial charge in [-0.2, -0.15) is 9.36 Å². The second kappa shape index (κ2) is 8.12. The van der Waals surface area contributed by atoms with Crippen molar-refractivity contribution in [2.24, 2.45) is 0 Å². The van der Waals surface area contributed by atoms with E-state index in [4.69, 9.17) is 12.2 Å². The molecule has 0 unspecified atom stereocenters. The summed E-state index contributed by atoms with van der Waals surface area (Å²) in [6.07, 6.45) is 0. The van der Waals surface area contributed by atoms with Crippen molar-refractivity contribution >= 4 is 12.2 Å². The lowest BCUT2D eigenvalue weighted by Gasteiger charge is -2.29. The van der Waals surface area contributed by atoms with Gasteiger partial charge in [-0.3, -0.25) is 0 Å². The van der Waals surface area contributed by atoms with Crippen LogP contribution < -0.4 is 9.80 Å². The molecule has 0 amide bonds. The van der Waals surface area contributed by atoms with Gasteiger partial charge in [-0.25, -0.2) is 0 Å². The Morgan fingerprint density at radius 3 is 2.30 bits per heavy atom. The molecule has 0 bridgehead atoms. The van der Waals surface area contributed by atoms with Crippen molar-refractivity contribution in [1.29, 1.82) is 0 Å². The first-order chi connectivity index (χ1) is 13.2. The number of quaternary nitrogens is 2. The van der Waals surface area contributed by atoms with Crippen LogP contribution in [0, 0.1) is 11.7 Å². The Hall–Kier alpha value is -2.35. The summed E-state index contributed by atoms with van der Waals surface area (Å²) in [6, 6.07) is 18.7. The van der Waals surface area contributed by atoms with Crippen LogP contribution >= 0.6 is 12.2 Å². The van der Waals surface area contributed by atoms with Crippen LogP contribution in [0.2, 0.25) is 0 Å². The summed E-state index contributed by atoms with van der Waals surface area (Å²) in [4.78, 5) is 3.17. The zero-order chi connectivity index (χ0) is 18.6. The molecule has 7 heteroatoms. The topological polar surface area (TPSA) is 44.5 Å². The highest BCUT2D eigenvalue weighted by atomic mass is 32.1. The molecule has 0 saturated carbocycles. The van der Waals surface area contributed by atoms with Gasteiger partial charge in [0.15, 0.2) is 6.67 Å². The monoisotopic (exact) mass is 382 g/mol. The predicted molar refractivity (Wildman–Crippen MR) is 106 cm³/mol. The van der Waals surface area contributed by atoms with Crippen molar-refractivity contribution in [3.63, 3.8) is 0 Å². The molecule has 0 atom stereocenters. The highest BCUT2D eigenvalue weighted by Crippen LogP contribution is 2.05. The quantitative estimate of drug-likeness (QED) is 0.613. The lowest BCUT2D eigenvalue weighted by molar-refractivity contribution is -1.03. The second-order valence-corrected chi connectivity index (χ2v) is 7.63. The largest absolute Gasteiger partial charge is 0.322 e. The third-order valence-corrected chi connectivity index (χ3v) is 5.76. The summed E-state index contributed by atoms with van der Waals surface area (Å²) in [7, 11) is 0. The molecule has 2 heterocycles. The van der Waals surface area contributed by atoms with E-state index < -0.39 is 0 Å². The Bertz CT molecular complexity index is 940. The maximum absolute atomic E-state index is 5.58. The maximum Gasteiger partial charge on any atom is 0.225 e. The predicted octanol–water partition coefficient (Wildman–Crippen LogP) is 0.0478. The zero-order valence-corrected chi connectivity index (χ0v) is 16.5. The fraction of sp³-hybridized carbons (Fsp3) is 0.350. The van der Waals surface area contributed by atoms with E-state index in [0.29, 0.717) is 4.77 Å². The molecule has 2 aromatic carbocycles. The first-order valence-electron chi connectivity index (χ1n) is 9.50. The number of para-hydroxylation sites is 1. The fourth-order valence-electron chi connectivity index (χ4n) is 3.69. The van der Waals surface area contributed by atoms with Crippen LogP contribution in [-0.4, -0.2) is 46.0 Å². The molecule has 1 aliphatic heterocycles. The zero-order valence-electron chi connectivity index (χ0n) is 15.6. The molecular weight excluding hydrogens is 356 g/mol. The van der Waals surface area contributed by atoms with Crippen LogP contribution in [-0.2, 0) is 13.2 Å². The number of benzene rings is 2. The molecule has 0 spiro atoms. The van der Waals surface area contributed by atoms with E-state index in [1.165, 1.54) is 29.1 Å². The Morgan fingerprint density at radius 1 is 0.889 bits per heavy atom. The summed E-state index contributed by atoms with van der Waals surface area (Å²) in [5.41, 5.74) is 3.81. The number of hydrogen-bond acceptors (Lipinski definition) is 3. The van der Waals surface area contributed by atoms with Gasteiger partial charge in [0.2, 0.25) is 4.77 Å². The first kappa shape index (κ1) is 18.0.